The molecule has 0 aromatic rings. The third kappa shape index (κ3) is 3.07. The summed E-state index contributed by atoms with van der Waals surface area (Å²) in [7, 11) is 0. The maximum Gasteiger partial charge on any atom is 0.0545 e. The second-order valence-corrected chi connectivity index (χ2v) is 6.06. The van der Waals surface area contributed by atoms with E-state index in [0.717, 1.165) is 19.3 Å². The van der Waals surface area contributed by atoms with Crippen LogP contribution in [0, 0.1) is 17.3 Å². The molecule has 0 radical (unpaired) electrons. The maximum atomic E-state index is 9.98. The number of allylic oxidation sites excluding steroid dienone is 2. The molecule has 0 saturated heterocycles. The highest BCUT2D eigenvalue weighted by Gasteiger charge is 2.35. The molecule has 0 amide bonds. The second kappa shape index (κ2) is 4.69. The minimum atomic E-state index is -0.117. The van der Waals surface area contributed by atoms with Gasteiger partial charge in [-0.3, -0.25) is 0 Å². The molecule has 0 aromatic carbocycles. The zero-order chi connectivity index (χ0) is 11.6. The summed E-state index contributed by atoms with van der Waals surface area (Å²) in [5, 5.41) is 9.98. The van der Waals surface area contributed by atoms with E-state index < -0.39 is 0 Å². The van der Waals surface area contributed by atoms with Gasteiger partial charge in [0.15, 0.2) is 0 Å². The van der Waals surface area contributed by atoms with Gasteiger partial charge in [-0.15, -0.1) is 0 Å². The molecule has 0 heterocycles. The van der Waals surface area contributed by atoms with Crippen molar-refractivity contribution in [3.8, 4) is 0 Å². The lowest BCUT2D eigenvalue weighted by Crippen LogP contribution is -2.25. The number of aliphatic hydroxyl groups is 1. The van der Waals surface area contributed by atoms with E-state index >= 15 is 0 Å². The average Bonchev–Trinajstić information content (AvgIpc) is 2.30. The molecule has 0 fully saturated rings. The fourth-order valence-corrected chi connectivity index (χ4v) is 2.56. The Morgan fingerprint density at radius 2 is 2.07 bits per heavy atom. The van der Waals surface area contributed by atoms with Gasteiger partial charge in [0.2, 0.25) is 0 Å². The van der Waals surface area contributed by atoms with Crippen LogP contribution in [-0.4, -0.2) is 11.2 Å². The van der Waals surface area contributed by atoms with E-state index in [-0.39, 0.29) is 11.5 Å². The summed E-state index contributed by atoms with van der Waals surface area (Å²) < 4.78 is 0. The van der Waals surface area contributed by atoms with Crippen LogP contribution in [0.25, 0.3) is 0 Å². The van der Waals surface area contributed by atoms with Crippen LogP contribution in [0.5, 0.6) is 0 Å². The lowest BCUT2D eigenvalue weighted by Gasteiger charge is -2.31. The van der Waals surface area contributed by atoms with Gasteiger partial charge in [0.05, 0.1) is 6.10 Å². The second-order valence-electron chi connectivity index (χ2n) is 6.06. The Balaban J connectivity index is 2.48. The van der Waals surface area contributed by atoms with Crippen LogP contribution in [0.2, 0.25) is 0 Å². The monoisotopic (exact) mass is 210 g/mol. The van der Waals surface area contributed by atoms with Gasteiger partial charge in [-0.25, -0.2) is 0 Å². The minimum Gasteiger partial charge on any atom is -0.393 e. The van der Waals surface area contributed by atoms with Gasteiger partial charge >= 0.3 is 0 Å². The van der Waals surface area contributed by atoms with Gasteiger partial charge in [0, 0.05) is 0 Å². The zero-order valence-corrected chi connectivity index (χ0v) is 10.9. The average molecular weight is 210 g/mol. The molecule has 0 bridgehead atoms. The predicted octanol–water partition coefficient (Wildman–Crippen LogP) is 3.78. The van der Waals surface area contributed by atoms with E-state index in [4.69, 9.17) is 0 Å². The third-order valence-electron chi connectivity index (χ3n) is 4.05. The van der Waals surface area contributed by atoms with Gasteiger partial charge < -0.3 is 5.11 Å². The molecule has 1 nitrogen and oxygen atoms in total. The summed E-state index contributed by atoms with van der Waals surface area (Å²) in [5.41, 5.74) is 1.78. The molecule has 0 spiro atoms. The molecule has 2 atom stereocenters. The first-order valence-corrected chi connectivity index (χ1v) is 6.19. The summed E-state index contributed by atoms with van der Waals surface area (Å²) in [6.45, 7) is 11.2. The molecule has 1 rings (SSSR count). The maximum absolute atomic E-state index is 9.98. The lowest BCUT2D eigenvalue weighted by molar-refractivity contribution is 0.0972. The van der Waals surface area contributed by atoms with Crippen LogP contribution in [-0.2, 0) is 0 Å². The molecular weight excluding hydrogens is 184 g/mol. The van der Waals surface area contributed by atoms with Crippen molar-refractivity contribution < 1.29 is 5.11 Å². The first kappa shape index (κ1) is 12.8. The predicted molar refractivity (Wildman–Crippen MR) is 65.7 cm³/mol. The van der Waals surface area contributed by atoms with Gasteiger partial charge in [-0.1, -0.05) is 39.3 Å². The van der Waals surface area contributed by atoms with Crippen molar-refractivity contribution >= 4 is 0 Å². The number of hydrogen-bond donors (Lipinski definition) is 1. The standard InChI is InChI=1S/C14H26O/c1-10(2)8-13(15)9-12-7-6-11(3)14(12,4)5/h6,10,12-13,15H,7-9H2,1-5H3. The molecule has 0 saturated carbocycles. The first-order chi connectivity index (χ1) is 6.84. The van der Waals surface area contributed by atoms with E-state index in [1.807, 2.05) is 0 Å². The lowest BCUT2D eigenvalue weighted by atomic mass is 9.75. The highest BCUT2D eigenvalue weighted by molar-refractivity contribution is 5.18. The SMILES string of the molecule is CC1=CCC(CC(O)CC(C)C)C1(C)C. The van der Waals surface area contributed by atoms with Crippen LogP contribution in [0.1, 0.15) is 53.9 Å². The van der Waals surface area contributed by atoms with Crippen molar-refractivity contribution in [2.75, 3.05) is 0 Å². The molecule has 1 heteroatoms. The summed E-state index contributed by atoms with van der Waals surface area (Å²) >= 11 is 0. The molecule has 1 aliphatic rings. The van der Waals surface area contributed by atoms with Crippen molar-refractivity contribution in [2.24, 2.45) is 17.3 Å². The van der Waals surface area contributed by atoms with Crippen LogP contribution in [0.15, 0.2) is 11.6 Å². The Morgan fingerprint density at radius 1 is 1.47 bits per heavy atom. The number of hydrogen-bond acceptors (Lipinski definition) is 1. The van der Waals surface area contributed by atoms with E-state index in [9.17, 15) is 5.11 Å². The van der Waals surface area contributed by atoms with Crippen LogP contribution in [0.3, 0.4) is 0 Å². The topological polar surface area (TPSA) is 20.2 Å². The van der Waals surface area contributed by atoms with E-state index in [2.05, 4.69) is 40.7 Å². The molecular formula is C14H26O. The van der Waals surface area contributed by atoms with Crippen molar-refractivity contribution in [2.45, 2.75) is 60.0 Å². The molecule has 0 aliphatic heterocycles. The molecule has 2 unspecified atom stereocenters. The molecule has 15 heavy (non-hydrogen) atoms. The highest BCUT2D eigenvalue weighted by atomic mass is 16.3. The quantitative estimate of drug-likeness (QED) is 0.700. The summed E-state index contributed by atoms with van der Waals surface area (Å²) in [4.78, 5) is 0. The fourth-order valence-electron chi connectivity index (χ4n) is 2.56. The van der Waals surface area contributed by atoms with Crippen molar-refractivity contribution in [3.63, 3.8) is 0 Å². The Labute approximate surface area is 94.6 Å². The van der Waals surface area contributed by atoms with E-state index in [0.29, 0.717) is 11.8 Å². The van der Waals surface area contributed by atoms with Gasteiger partial charge in [0.25, 0.3) is 0 Å². The Morgan fingerprint density at radius 3 is 2.47 bits per heavy atom. The Hall–Kier alpha value is -0.300. The third-order valence-corrected chi connectivity index (χ3v) is 4.05. The van der Waals surface area contributed by atoms with Gasteiger partial charge in [-0.2, -0.15) is 0 Å². The van der Waals surface area contributed by atoms with Gasteiger partial charge in [0.1, 0.15) is 0 Å². The molecule has 1 N–H and O–H groups in total. The Bertz CT molecular complexity index is 238. The fraction of sp³-hybridized carbons (Fsp3) is 0.857. The largest absolute Gasteiger partial charge is 0.393 e. The first-order valence-electron chi connectivity index (χ1n) is 6.19. The molecule has 1 aliphatic carbocycles. The van der Waals surface area contributed by atoms with Crippen molar-refractivity contribution in [1.82, 2.24) is 0 Å². The highest BCUT2D eigenvalue weighted by Crippen LogP contribution is 2.45. The van der Waals surface area contributed by atoms with Gasteiger partial charge in [-0.05, 0) is 43.4 Å². The van der Waals surface area contributed by atoms with E-state index in [1.165, 1.54) is 5.57 Å². The molecule has 0 aromatic heterocycles. The zero-order valence-electron chi connectivity index (χ0n) is 10.9. The smallest absolute Gasteiger partial charge is 0.0545 e. The van der Waals surface area contributed by atoms with Crippen LogP contribution < -0.4 is 0 Å². The van der Waals surface area contributed by atoms with Crippen molar-refractivity contribution in [1.29, 1.82) is 0 Å². The summed E-state index contributed by atoms with van der Waals surface area (Å²) in [6.07, 6.45) is 5.26. The minimum absolute atomic E-state index is 0.117. The number of aliphatic hydroxyl groups excluding tert-OH is 1. The summed E-state index contributed by atoms with van der Waals surface area (Å²) in [6, 6.07) is 0. The normalized spacial score (nSPS) is 26.9. The van der Waals surface area contributed by atoms with Crippen LogP contribution >= 0.6 is 0 Å². The van der Waals surface area contributed by atoms with Crippen molar-refractivity contribution in [3.05, 3.63) is 11.6 Å². The summed E-state index contributed by atoms with van der Waals surface area (Å²) in [5.74, 6) is 1.23. The van der Waals surface area contributed by atoms with Crippen LogP contribution in [0.4, 0.5) is 0 Å². The molecule has 88 valence electrons. The Kier molecular flexibility index (Phi) is 3.99. The van der Waals surface area contributed by atoms with E-state index in [1.54, 1.807) is 0 Å². The number of rotatable bonds is 4.